The van der Waals surface area contributed by atoms with Crippen molar-refractivity contribution in [2.24, 2.45) is 5.92 Å². The predicted molar refractivity (Wildman–Crippen MR) is 137 cm³/mol. The molecule has 5 nitrogen and oxygen atoms in total. The summed E-state index contributed by atoms with van der Waals surface area (Å²) >= 11 is 0. The van der Waals surface area contributed by atoms with Gasteiger partial charge in [0.15, 0.2) is 0 Å². The number of benzene rings is 1. The molecule has 176 valence electrons. The standard InChI is InChI=1S/C28H37N3O2/c1-9-10-11-24(17(2)3)26-18(4)12-13-23(30-26)16-25-19(5)14-22(15-20(25)6)21(7)27(32)31-28(33)29-8/h11-15,17H,7,9-10,16H2,1-6,8H3,(H2,29,31,32,33)/b24-11-. The normalized spacial score (nSPS) is 11.5. The van der Waals surface area contributed by atoms with Crippen LogP contribution in [0.15, 0.2) is 36.9 Å². The number of amides is 3. The number of nitrogens with zero attached hydrogens (tertiary/aromatic N) is 1. The molecule has 0 fully saturated rings. The van der Waals surface area contributed by atoms with Crippen LogP contribution in [0.3, 0.4) is 0 Å². The van der Waals surface area contributed by atoms with Crippen molar-refractivity contribution < 1.29 is 9.59 Å². The molecule has 0 saturated carbocycles. The summed E-state index contributed by atoms with van der Waals surface area (Å²) in [5, 5.41) is 4.64. The number of hydrogen-bond donors (Lipinski definition) is 2. The topological polar surface area (TPSA) is 71.1 Å². The second-order valence-corrected chi connectivity index (χ2v) is 8.85. The Labute approximate surface area is 198 Å². The number of aryl methyl sites for hydroxylation is 3. The lowest BCUT2D eigenvalue weighted by molar-refractivity contribution is -0.114. The van der Waals surface area contributed by atoms with Crippen molar-refractivity contribution in [3.63, 3.8) is 0 Å². The molecule has 2 N–H and O–H groups in total. The van der Waals surface area contributed by atoms with Gasteiger partial charge in [0.2, 0.25) is 0 Å². The van der Waals surface area contributed by atoms with Gasteiger partial charge >= 0.3 is 6.03 Å². The molecule has 0 atom stereocenters. The van der Waals surface area contributed by atoms with Crippen molar-refractivity contribution in [2.45, 2.75) is 60.8 Å². The molecule has 0 unspecified atom stereocenters. The van der Waals surface area contributed by atoms with Crippen LogP contribution in [0.25, 0.3) is 11.1 Å². The van der Waals surface area contributed by atoms with Crippen LogP contribution >= 0.6 is 0 Å². The van der Waals surface area contributed by atoms with Crippen LogP contribution in [0, 0.1) is 26.7 Å². The van der Waals surface area contributed by atoms with Gasteiger partial charge in [0, 0.05) is 24.7 Å². The third kappa shape index (κ3) is 6.64. The molecule has 0 aliphatic rings. The average molecular weight is 448 g/mol. The van der Waals surface area contributed by atoms with E-state index in [1.807, 2.05) is 26.0 Å². The minimum absolute atomic E-state index is 0.259. The van der Waals surface area contributed by atoms with Gasteiger partial charge in [-0.2, -0.15) is 0 Å². The van der Waals surface area contributed by atoms with Crippen LogP contribution in [-0.2, 0) is 11.2 Å². The maximum Gasteiger partial charge on any atom is 0.321 e. The van der Waals surface area contributed by atoms with Crippen LogP contribution in [-0.4, -0.2) is 24.0 Å². The van der Waals surface area contributed by atoms with Crippen molar-refractivity contribution >= 4 is 23.1 Å². The van der Waals surface area contributed by atoms with Gasteiger partial charge < -0.3 is 5.32 Å². The first kappa shape index (κ1) is 26.0. The molecule has 1 aromatic heterocycles. The van der Waals surface area contributed by atoms with E-state index < -0.39 is 11.9 Å². The molecule has 0 saturated heterocycles. The molecule has 0 radical (unpaired) electrons. The fourth-order valence-corrected chi connectivity index (χ4v) is 3.87. The summed E-state index contributed by atoms with van der Waals surface area (Å²) in [6.45, 7) is 16.7. The van der Waals surface area contributed by atoms with Gasteiger partial charge in [-0.1, -0.05) is 58.0 Å². The van der Waals surface area contributed by atoms with E-state index in [2.05, 4.69) is 63.1 Å². The maximum atomic E-state index is 12.3. The smallest absolute Gasteiger partial charge is 0.321 e. The van der Waals surface area contributed by atoms with Gasteiger partial charge in [-0.15, -0.1) is 0 Å². The Morgan fingerprint density at radius 3 is 2.27 bits per heavy atom. The van der Waals surface area contributed by atoms with Crippen LogP contribution in [0.2, 0.25) is 0 Å². The summed E-state index contributed by atoms with van der Waals surface area (Å²) in [7, 11) is 1.46. The van der Waals surface area contributed by atoms with Crippen molar-refractivity contribution in [3.8, 4) is 0 Å². The number of aromatic nitrogens is 1. The number of imide groups is 1. The van der Waals surface area contributed by atoms with Crippen molar-refractivity contribution in [2.75, 3.05) is 7.05 Å². The Balaban J connectivity index is 2.36. The Kier molecular flexibility index (Phi) is 9.15. The molecule has 2 rings (SSSR count). The van der Waals surface area contributed by atoms with Crippen molar-refractivity contribution in [3.05, 3.63) is 76.1 Å². The molecule has 1 aromatic carbocycles. The first-order valence-electron chi connectivity index (χ1n) is 11.6. The number of allylic oxidation sites excluding steroid dienone is 2. The van der Waals surface area contributed by atoms with E-state index in [4.69, 9.17) is 4.98 Å². The molecule has 1 heterocycles. The monoisotopic (exact) mass is 447 g/mol. The summed E-state index contributed by atoms with van der Waals surface area (Å²) < 4.78 is 0. The molecular weight excluding hydrogens is 410 g/mol. The zero-order chi connectivity index (χ0) is 24.7. The van der Waals surface area contributed by atoms with E-state index in [1.54, 1.807) is 0 Å². The van der Waals surface area contributed by atoms with Crippen LogP contribution < -0.4 is 10.6 Å². The molecule has 0 aliphatic heterocycles. The zero-order valence-corrected chi connectivity index (χ0v) is 21.1. The fourth-order valence-electron chi connectivity index (χ4n) is 3.87. The minimum atomic E-state index is -0.554. The van der Waals surface area contributed by atoms with E-state index in [9.17, 15) is 9.59 Å². The van der Waals surface area contributed by atoms with E-state index in [1.165, 1.54) is 23.7 Å². The summed E-state index contributed by atoms with van der Waals surface area (Å²) in [6.07, 6.45) is 5.20. The molecular formula is C28H37N3O2. The first-order chi connectivity index (χ1) is 15.6. The summed E-state index contributed by atoms with van der Waals surface area (Å²) in [5.41, 5.74) is 8.88. The molecule has 0 spiro atoms. The van der Waals surface area contributed by atoms with Gasteiger partial charge in [0.25, 0.3) is 5.91 Å². The Morgan fingerprint density at radius 2 is 1.73 bits per heavy atom. The molecule has 0 bridgehead atoms. The number of carbonyl (C=O) groups excluding carboxylic acids is 2. The van der Waals surface area contributed by atoms with Gasteiger partial charge in [-0.05, 0) is 72.6 Å². The Bertz CT molecular complexity index is 1060. The lowest BCUT2D eigenvalue weighted by atomic mass is 9.92. The number of hydrogen-bond acceptors (Lipinski definition) is 3. The largest absolute Gasteiger partial charge is 0.341 e. The highest BCUT2D eigenvalue weighted by Crippen LogP contribution is 2.28. The first-order valence-corrected chi connectivity index (χ1v) is 11.6. The molecule has 5 heteroatoms. The van der Waals surface area contributed by atoms with Gasteiger partial charge in [0.05, 0.1) is 5.69 Å². The third-order valence-electron chi connectivity index (χ3n) is 5.83. The van der Waals surface area contributed by atoms with Crippen molar-refractivity contribution in [1.29, 1.82) is 0 Å². The quantitative estimate of drug-likeness (QED) is 0.495. The number of urea groups is 1. The fraction of sp³-hybridized carbons (Fsp3) is 0.393. The summed E-state index contributed by atoms with van der Waals surface area (Å²) in [5.74, 6) is -0.0986. The van der Waals surface area contributed by atoms with Gasteiger partial charge in [-0.3, -0.25) is 15.1 Å². The molecule has 33 heavy (non-hydrogen) atoms. The van der Waals surface area contributed by atoms with E-state index in [0.717, 1.165) is 35.4 Å². The Hall–Kier alpha value is -3.21. The average Bonchev–Trinajstić information content (AvgIpc) is 2.77. The van der Waals surface area contributed by atoms with E-state index in [-0.39, 0.29) is 5.57 Å². The van der Waals surface area contributed by atoms with Gasteiger partial charge in [-0.25, -0.2) is 4.79 Å². The lowest BCUT2D eigenvalue weighted by Crippen LogP contribution is -2.37. The highest BCUT2D eigenvalue weighted by molar-refractivity contribution is 6.22. The maximum absolute atomic E-state index is 12.3. The number of unbranched alkanes of at least 4 members (excludes halogenated alkanes) is 1. The van der Waals surface area contributed by atoms with Gasteiger partial charge in [0.1, 0.15) is 0 Å². The van der Waals surface area contributed by atoms with E-state index >= 15 is 0 Å². The third-order valence-corrected chi connectivity index (χ3v) is 5.83. The van der Waals surface area contributed by atoms with Crippen LogP contribution in [0.5, 0.6) is 0 Å². The van der Waals surface area contributed by atoms with E-state index in [0.29, 0.717) is 17.9 Å². The number of nitrogens with one attached hydrogen (secondary N) is 2. The number of pyridine rings is 1. The summed E-state index contributed by atoms with van der Waals surface area (Å²) in [4.78, 5) is 28.8. The molecule has 0 aliphatic carbocycles. The zero-order valence-electron chi connectivity index (χ0n) is 21.1. The minimum Gasteiger partial charge on any atom is -0.341 e. The second kappa shape index (κ2) is 11.6. The predicted octanol–water partition coefficient (Wildman–Crippen LogP) is 5.91. The lowest BCUT2D eigenvalue weighted by Gasteiger charge is -2.17. The second-order valence-electron chi connectivity index (χ2n) is 8.85. The highest BCUT2D eigenvalue weighted by Gasteiger charge is 2.16. The Morgan fingerprint density at radius 1 is 1.09 bits per heavy atom. The molecule has 2 aromatic rings. The number of carbonyl (C=O) groups is 2. The SMILES string of the molecule is C=C(C(=O)NC(=O)NC)c1cc(C)c(Cc2ccc(C)c(/C(=C\CCC)C(C)C)n2)c(C)c1. The van der Waals surface area contributed by atoms with Crippen LogP contribution in [0.1, 0.15) is 72.8 Å². The highest BCUT2D eigenvalue weighted by atomic mass is 16.2. The molecule has 3 amide bonds. The van der Waals surface area contributed by atoms with Crippen molar-refractivity contribution in [1.82, 2.24) is 15.6 Å². The summed E-state index contributed by atoms with van der Waals surface area (Å²) in [6, 6.07) is 7.60. The van der Waals surface area contributed by atoms with Crippen LogP contribution in [0.4, 0.5) is 4.79 Å². The number of rotatable bonds is 8.